The molecule has 2 rings (SSSR count). The first-order chi connectivity index (χ1) is 11.0. The van der Waals surface area contributed by atoms with Crippen molar-refractivity contribution in [3.8, 4) is 11.5 Å². The fraction of sp³-hybridized carbons (Fsp3) is 0.143. The largest absolute Gasteiger partial charge is 0.493 e. The van der Waals surface area contributed by atoms with E-state index in [4.69, 9.17) is 15.3 Å². The summed E-state index contributed by atoms with van der Waals surface area (Å²) >= 11 is 1.34. The zero-order valence-electron chi connectivity index (χ0n) is 11.9. The number of carbonyl (C=O) groups is 1. The first kappa shape index (κ1) is 16.7. The van der Waals surface area contributed by atoms with Crippen molar-refractivity contribution in [1.29, 1.82) is 0 Å². The second-order valence-corrected chi connectivity index (χ2v) is 5.02. The molecular weight excluding hydrogens is 330 g/mol. The molecular formula is C14H12F2N2O4S. The second-order valence-electron chi connectivity index (χ2n) is 4.08. The third kappa shape index (κ3) is 4.39. The van der Waals surface area contributed by atoms with Crippen molar-refractivity contribution in [2.24, 2.45) is 10.9 Å². The number of thiophene rings is 1. The van der Waals surface area contributed by atoms with E-state index in [-0.39, 0.29) is 22.9 Å². The fourth-order valence-corrected chi connectivity index (χ4v) is 2.22. The van der Waals surface area contributed by atoms with Crippen LogP contribution in [-0.4, -0.2) is 25.5 Å². The van der Waals surface area contributed by atoms with Crippen LogP contribution in [0.25, 0.3) is 0 Å². The number of ether oxygens (including phenoxy) is 2. The van der Waals surface area contributed by atoms with E-state index in [9.17, 15) is 13.6 Å². The molecule has 0 fully saturated rings. The molecule has 0 unspecified atom stereocenters. The van der Waals surface area contributed by atoms with Gasteiger partial charge in [0.1, 0.15) is 0 Å². The predicted octanol–water partition coefficient (Wildman–Crippen LogP) is 2.84. The number of hydrogen-bond acceptors (Lipinski definition) is 6. The molecule has 0 aliphatic rings. The van der Waals surface area contributed by atoms with Crippen LogP contribution in [-0.2, 0) is 4.84 Å². The van der Waals surface area contributed by atoms with Gasteiger partial charge in [0.05, 0.1) is 17.6 Å². The molecule has 0 aliphatic carbocycles. The smallest absolute Gasteiger partial charge is 0.387 e. The Hall–Kier alpha value is -2.68. The summed E-state index contributed by atoms with van der Waals surface area (Å²) in [6.07, 6.45) is 0. The molecule has 0 spiro atoms. The third-order valence-corrected chi connectivity index (χ3v) is 3.51. The summed E-state index contributed by atoms with van der Waals surface area (Å²) in [7, 11) is 1.26. The molecule has 0 bridgehead atoms. The van der Waals surface area contributed by atoms with E-state index in [0.717, 1.165) is 0 Å². The van der Waals surface area contributed by atoms with Crippen molar-refractivity contribution >= 4 is 23.1 Å². The van der Waals surface area contributed by atoms with E-state index in [0.29, 0.717) is 4.88 Å². The lowest BCUT2D eigenvalue weighted by molar-refractivity contribution is -0.0512. The number of amidine groups is 1. The van der Waals surface area contributed by atoms with Gasteiger partial charge in [-0.05, 0) is 29.6 Å². The number of alkyl halides is 2. The summed E-state index contributed by atoms with van der Waals surface area (Å²) in [5.41, 5.74) is 5.70. The molecule has 0 atom stereocenters. The summed E-state index contributed by atoms with van der Waals surface area (Å²) in [6.45, 7) is -3.00. The molecule has 0 radical (unpaired) electrons. The maximum Gasteiger partial charge on any atom is 0.387 e. The highest BCUT2D eigenvalue weighted by Crippen LogP contribution is 2.29. The van der Waals surface area contributed by atoms with E-state index in [1.807, 2.05) is 0 Å². The van der Waals surface area contributed by atoms with Crippen molar-refractivity contribution in [3.05, 3.63) is 46.2 Å². The summed E-state index contributed by atoms with van der Waals surface area (Å²) in [5, 5.41) is 5.33. The number of oxime groups is 1. The summed E-state index contributed by atoms with van der Waals surface area (Å²) in [4.78, 5) is 17.3. The van der Waals surface area contributed by atoms with Gasteiger partial charge in [-0.25, -0.2) is 4.79 Å². The highest BCUT2D eigenvalue weighted by molar-refractivity contribution is 7.12. The summed E-state index contributed by atoms with van der Waals surface area (Å²) < 4.78 is 33.6. The normalized spacial score (nSPS) is 11.4. The predicted molar refractivity (Wildman–Crippen MR) is 80.1 cm³/mol. The molecule has 2 aromatic rings. The first-order valence-electron chi connectivity index (χ1n) is 6.22. The lowest BCUT2D eigenvalue weighted by Gasteiger charge is -2.10. The number of hydrogen-bond donors (Lipinski definition) is 1. The van der Waals surface area contributed by atoms with E-state index >= 15 is 0 Å². The zero-order chi connectivity index (χ0) is 16.8. The van der Waals surface area contributed by atoms with Gasteiger partial charge in [-0.2, -0.15) is 8.78 Å². The number of benzene rings is 1. The summed E-state index contributed by atoms with van der Waals surface area (Å²) in [5.74, 6) is -0.986. The van der Waals surface area contributed by atoms with Crippen LogP contribution >= 0.6 is 11.3 Å². The van der Waals surface area contributed by atoms with Crippen LogP contribution in [0.1, 0.15) is 15.2 Å². The molecule has 0 saturated carbocycles. The molecule has 9 heteroatoms. The molecule has 2 N–H and O–H groups in total. The Kier molecular flexibility index (Phi) is 5.47. The fourth-order valence-electron chi connectivity index (χ4n) is 1.60. The maximum atomic E-state index is 12.2. The van der Waals surface area contributed by atoms with E-state index < -0.39 is 12.6 Å². The number of halogens is 2. The second kappa shape index (κ2) is 7.54. The van der Waals surface area contributed by atoms with Gasteiger partial charge < -0.3 is 20.0 Å². The zero-order valence-corrected chi connectivity index (χ0v) is 12.7. The number of carbonyl (C=O) groups excluding carboxylic acids is 1. The molecule has 0 aliphatic heterocycles. The SMILES string of the molecule is COc1cc(C(=O)O/N=C(\N)c2cccs2)ccc1OC(F)F. The van der Waals surface area contributed by atoms with Crippen molar-refractivity contribution in [3.63, 3.8) is 0 Å². The van der Waals surface area contributed by atoms with Crippen LogP contribution < -0.4 is 15.2 Å². The molecule has 1 heterocycles. The van der Waals surface area contributed by atoms with Crippen LogP contribution in [0.5, 0.6) is 11.5 Å². The molecule has 0 saturated heterocycles. The van der Waals surface area contributed by atoms with Crippen molar-refractivity contribution < 1.29 is 27.9 Å². The van der Waals surface area contributed by atoms with Gasteiger partial charge in [-0.3, -0.25) is 0 Å². The Balaban J connectivity index is 2.12. The molecule has 23 heavy (non-hydrogen) atoms. The lowest BCUT2D eigenvalue weighted by atomic mass is 10.2. The van der Waals surface area contributed by atoms with Crippen LogP contribution in [0.4, 0.5) is 8.78 Å². The van der Waals surface area contributed by atoms with Crippen molar-refractivity contribution in [2.75, 3.05) is 7.11 Å². The molecule has 6 nitrogen and oxygen atoms in total. The molecule has 122 valence electrons. The van der Waals surface area contributed by atoms with Gasteiger partial charge in [0, 0.05) is 0 Å². The third-order valence-electron chi connectivity index (χ3n) is 2.62. The van der Waals surface area contributed by atoms with Gasteiger partial charge in [0.25, 0.3) is 0 Å². The van der Waals surface area contributed by atoms with Crippen LogP contribution in [0.3, 0.4) is 0 Å². The number of nitrogens with zero attached hydrogens (tertiary/aromatic N) is 1. The maximum absolute atomic E-state index is 12.2. The van der Waals surface area contributed by atoms with Gasteiger partial charge in [0.2, 0.25) is 0 Å². The monoisotopic (exact) mass is 342 g/mol. The minimum atomic E-state index is -3.00. The Morgan fingerprint density at radius 1 is 1.30 bits per heavy atom. The number of rotatable bonds is 6. The Morgan fingerprint density at radius 2 is 2.09 bits per heavy atom. The van der Waals surface area contributed by atoms with Crippen molar-refractivity contribution in [2.45, 2.75) is 6.61 Å². The minimum absolute atomic E-state index is 0.0324. The van der Waals surface area contributed by atoms with Gasteiger partial charge >= 0.3 is 12.6 Å². The minimum Gasteiger partial charge on any atom is -0.493 e. The number of nitrogens with two attached hydrogens (primary N) is 1. The van der Waals surface area contributed by atoms with E-state index in [2.05, 4.69) is 9.89 Å². The highest BCUT2D eigenvalue weighted by atomic mass is 32.1. The number of methoxy groups -OCH3 is 1. The Morgan fingerprint density at radius 3 is 2.70 bits per heavy atom. The van der Waals surface area contributed by atoms with Crippen LogP contribution in [0.15, 0.2) is 40.9 Å². The lowest BCUT2D eigenvalue weighted by Crippen LogP contribution is -2.13. The summed E-state index contributed by atoms with van der Waals surface area (Å²) in [6, 6.07) is 7.12. The molecule has 1 aromatic heterocycles. The van der Waals surface area contributed by atoms with Crippen LogP contribution in [0.2, 0.25) is 0 Å². The van der Waals surface area contributed by atoms with E-state index in [1.165, 1.54) is 36.6 Å². The van der Waals surface area contributed by atoms with Gasteiger partial charge in [-0.15, -0.1) is 11.3 Å². The Bertz CT molecular complexity index is 705. The average Bonchev–Trinajstić information content (AvgIpc) is 3.06. The standard InChI is InChI=1S/C14H12F2N2O4S/c1-20-10-7-8(4-5-9(10)21-14(15)16)13(19)22-18-12(17)11-3-2-6-23-11/h2-7,14H,1H3,(H2,17,18). The van der Waals surface area contributed by atoms with E-state index in [1.54, 1.807) is 17.5 Å². The Labute approximate surface area is 134 Å². The topological polar surface area (TPSA) is 83.1 Å². The quantitative estimate of drug-likeness (QED) is 0.378. The van der Waals surface area contributed by atoms with Crippen molar-refractivity contribution in [1.82, 2.24) is 0 Å². The molecule has 0 amide bonds. The van der Waals surface area contributed by atoms with Gasteiger partial charge in [0.15, 0.2) is 17.3 Å². The highest BCUT2D eigenvalue weighted by Gasteiger charge is 2.15. The van der Waals surface area contributed by atoms with Crippen LogP contribution in [0, 0.1) is 0 Å². The average molecular weight is 342 g/mol. The van der Waals surface area contributed by atoms with Gasteiger partial charge in [-0.1, -0.05) is 11.2 Å². The molecule has 1 aromatic carbocycles. The first-order valence-corrected chi connectivity index (χ1v) is 7.10.